The van der Waals surface area contributed by atoms with Crippen molar-refractivity contribution in [1.82, 2.24) is 10.2 Å². The lowest BCUT2D eigenvalue weighted by molar-refractivity contribution is -0.125. The highest BCUT2D eigenvalue weighted by Gasteiger charge is 2.36. The second-order valence-corrected chi connectivity index (χ2v) is 6.27. The van der Waals surface area contributed by atoms with Gasteiger partial charge in [-0.15, -0.1) is 0 Å². The van der Waals surface area contributed by atoms with Crippen molar-refractivity contribution in [1.29, 1.82) is 0 Å². The van der Waals surface area contributed by atoms with Gasteiger partial charge in [0.1, 0.15) is 0 Å². The third-order valence-corrected chi connectivity index (χ3v) is 5.07. The Morgan fingerprint density at radius 3 is 2.53 bits per heavy atom. The molecule has 2 unspecified atom stereocenters. The van der Waals surface area contributed by atoms with Crippen LogP contribution >= 0.6 is 0 Å². The van der Waals surface area contributed by atoms with Gasteiger partial charge in [0.25, 0.3) is 0 Å². The van der Waals surface area contributed by atoms with Crippen molar-refractivity contribution in [3.8, 4) is 0 Å². The molecular weight excluding hydrogens is 212 g/mol. The minimum absolute atomic E-state index is 0.246. The molecule has 0 aromatic carbocycles. The molecule has 0 aromatic heterocycles. The smallest absolute Gasteiger partial charge is 0.223 e. The van der Waals surface area contributed by atoms with Crippen molar-refractivity contribution in [3.63, 3.8) is 0 Å². The van der Waals surface area contributed by atoms with Crippen LogP contribution in [0, 0.1) is 23.7 Å². The molecule has 96 valence electrons. The van der Waals surface area contributed by atoms with Crippen molar-refractivity contribution in [3.05, 3.63) is 0 Å². The predicted molar refractivity (Wildman–Crippen MR) is 67.6 cm³/mol. The van der Waals surface area contributed by atoms with Crippen molar-refractivity contribution in [2.24, 2.45) is 23.7 Å². The molecule has 0 radical (unpaired) electrons. The summed E-state index contributed by atoms with van der Waals surface area (Å²) in [5.41, 5.74) is 0. The largest absolute Gasteiger partial charge is 0.356 e. The Morgan fingerprint density at radius 2 is 2.00 bits per heavy atom. The fourth-order valence-electron chi connectivity index (χ4n) is 3.52. The van der Waals surface area contributed by atoms with E-state index in [4.69, 9.17) is 0 Å². The Labute approximate surface area is 104 Å². The van der Waals surface area contributed by atoms with Gasteiger partial charge in [-0.3, -0.25) is 4.79 Å². The highest BCUT2D eigenvalue weighted by atomic mass is 16.1. The molecule has 3 aliphatic heterocycles. The van der Waals surface area contributed by atoms with E-state index in [0.717, 1.165) is 12.5 Å². The Hall–Kier alpha value is -0.570. The number of hydrogen-bond acceptors (Lipinski definition) is 2. The molecule has 2 atom stereocenters. The fraction of sp³-hybridized carbons (Fsp3) is 0.929. The number of nitrogens with zero attached hydrogens (tertiary/aromatic N) is 1. The van der Waals surface area contributed by atoms with Crippen LogP contribution in [-0.2, 0) is 4.79 Å². The maximum absolute atomic E-state index is 11.9. The van der Waals surface area contributed by atoms with Crippen molar-refractivity contribution < 1.29 is 4.79 Å². The fourth-order valence-corrected chi connectivity index (χ4v) is 3.52. The number of hydrogen-bond donors (Lipinski definition) is 1. The van der Waals surface area contributed by atoms with E-state index >= 15 is 0 Å². The average Bonchev–Trinajstić information content (AvgIpc) is 3.21. The first-order valence-corrected chi connectivity index (χ1v) is 7.24. The van der Waals surface area contributed by atoms with Gasteiger partial charge in [0.15, 0.2) is 0 Å². The standard InChI is InChI=1S/C14H24N2O/c1-10(11-2-3-11)14(17)15-8-13-9-16-6-4-12(13)5-7-16/h10-13H,2-9H2,1H3,(H,15,17). The van der Waals surface area contributed by atoms with Gasteiger partial charge < -0.3 is 10.2 Å². The van der Waals surface area contributed by atoms with E-state index in [1.165, 1.54) is 45.3 Å². The first kappa shape index (κ1) is 11.5. The van der Waals surface area contributed by atoms with E-state index in [9.17, 15) is 4.79 Å². The lowest BCUT2D eigenvalue weighted by Gasteiger charge is -2.44. The number of piperidine rings is 3. The second kappa shape index (κ2) is 4.60. The third kappa shape index (κ3) is 2.49. The summed E-state index contributed by atoms with van der Waals surface area (Å²) in [6.07, 6.45) is 5.21. The van der Waals surface area contributed by atoms with Gasteiger partial charge in [0.05, 0.1) is 0 Å². The number of rotatable bonds is 4. The summed E-state index contributed by atoms with van der Waals surface area (Å²) >= 11 is 0. The lowest BCUT2D eigenvalue weighted by Crippen LogP contribution is -2.51. The summed E-state index contributed by atoms with van der Waals surface area (Å²) in [7, 11) is 0. The zero-order valence-electron chi connectivity index (χ0n) is 10.8. The Bertz CT molecular complexity index is 293. The summed E-state index contributed by atoms with van der Waals surface area (Å²) in [5, 5.41) is 3.19. The molecule has 1 saturated carbocycles. The average molecular weight is 236 g/mol. The summed E-state index contributed by atoms with van der Waals surface area (Å²) in [5.74, 6) is 2.81. The molecule has 1 N–H and O–H groups in total. The normalized spacial score (nSPS) is 37.8. The second-order valence-electron chi connectivity index (χ2n) is 6.27. The van der Waals surface area contributed by atoms with E-state index in [0.29, 0.717) is 17.7 Å². The molecule has 3 heterocycles. The molecule has 17 heavy (non-hydrogen) atoms. The van der Waals surface area contributed by atoms with E-state index in [-0.39, 0.29) is 5.92 Å². The van der Waals surface area contributed by atoms with E-state index in [1.54, 1.807) is 0 Å². The minimum atomic E-state index is 0.246. The van der Waals surface area contributed by atoms with Crippen LogP contribution in [0.4, 0.5) is 0 Å². The number of nitrogens with one attached hydrogen (secondary N) is 1. The Kier molecular flexibility index (Phi) is 3.12. The van der Waals surface area contributed by atoms with Crippen LogP contribution < -0.4 is 5.32 Å². The van der Waals surface area contributed by atoms with Crippen molar-refractivity contribution in [2.75, 3.05) is 26.2 Å². The molecule has 0 aromatic rings. The van der Waals surface area contributed by atoms with Crippen LogP contribution in [0.2, 0.25) is 0 Å². The molecule has 4 rings (SSSR count). The van der Waals surface area contributed by atoms with Crippen molar-refractivity contribution >= 4 is 5.91 Å². The number of carbonyl (C=O) groups excluding carboxylic acids is 1. The molecule has 4 fully saturated rings. The quantitative estimate of drug-likeness (QED) is 0.802. The first-order valence-electron chi connectivity index (χ1n) is 7.24. The third-order valence-electron chi connectivity index (χ3n) is 5.07. The SMILES string of the molecule is CC(C(=O)NCC1CN2CCC1CC2)C1CC1. The maximum Gasteiger partial charge on any atom is 0.223 e. The molecule has 1 amide bonds. The molecule has 0 spiro atoms. The molecule has 3 saturated heterocycles. The van der Waals surface area contributed by atoms with Gasteiger partial charge in [-0.1, -0.05) is 6.92 Å². The van der Waals surface area contributed by atoms with Crippen LogP contribution in [0.15, 0.2) is 0 Å². The zero-order chi connectivity index (χ0) is 11.8. The van der Waals surface area contributed by atoms with Crippen LogP contribution in [0.3, 0.4) is 0 Å². The monoisotopic (exact) mass is 236 g/mol. The first-order chi connectivity index (χ1) is 8.24. The van der Waals surface area contributed by atoms with Crippen LogP contribution in [0.25, 0.3) is 0 Å². The summed E-state index contributed by atoms with van der Waals surface area (Å²) in [4.78, 5) is 14.5. The van der Waals surface area contributed by atoms with Crippen LogP contribution in [0.5, 0.6) is 0 Å². The predicted octanol–water partition coefficient (Wildman–Crippen LogP) is 1.49. The molecule has 3 nitrogen and oxygen atoms in total. The van der Waals surface area contributed by atoms with Crippen LogP contribution in [-0.4, -0.2) is 37.0 Å². The van der Waals surface area contributed by atoms with Gasteiger partial charge >= 0.3 is 0 Å². The highest BCUT2D eigenvalue weighted by Crippen LogP contribution is 2.37. The molecule has 4 aliphatic rings. The number of carbonyl (C=O) groups is 1. The number of fused-ring (bicyclic) bond motifs is 3. The molecule has 3 heteroatoms. The van der Waals surface area contributed by atoms with Gasteiger partial charge in [-0.05, 0) is 56.5 Å². The summed E-state index contributed by atoms with van der Waals surface area (Å²) in [6.45, 7) is 6.78. The molecule has 2 bridgehead atoms. The van der Waals surface area contributed by atoms with Gasteiger partial charge in [-0.2, -0.15) is 0 Å². The summed E-state index contributed by atoms with van der Waals surface area (Å²) in [6, 6.07) is 0. The van der Waals surface area contributed by atoms with E-state index in [1.807, 2.05) is 0 Å². The van der Waals surface area contributed by atoms with Gasteiger partial charge in [0, 0.05) is 19.0 Å². The molecule has 1 aliphatic carbocycles. The Morgan fingerprint density at radius 1 is 1.29 bits per heavy atom. The molecular formula is C14H24N2O. The topological polar surface area (TPSA) is 32.3 Å². The Balaban J connectivity index is 1.46. The highest BCUT2D eigenvalue weighted by molar-refractivity contribution is 5.78. The van der Waals surface area contributed by atoms with Gasteiger partial charge in [0.2, 0.25) is 5.91 Å². The summed E-state index contributed by atoms with van der Waals surface area (Å²) < 4.78 is 0. The minimum Gasteiger partial charge on any atom is -0.356 e. The number of amides is 1. The van der Waals surface area contributed by atoms with Gasteiger partial charge in [-0.25, -0.2) is 0 Å². The van der Waals surface area contributed by atoms with E-state index in [2.05, 4.69) is 17.1 Å². The van der Waals surface area contributed by atoms with Crippen LogP contribution in [0.1, 0.15) is 32.6 Å². The van der Waals surface area contributed by atoms with Crippen molar-refractivity contribution in [2.45, 2.75) is 32.6 Å². The lowest BCUT2D eigenvalue weighted by atomic mass is 9.79. The van der Waals surface area contributed by atoms with E-state index < -0.39 is 0 Å². The zero-order valence-corrected chi connectivity index (χ0v) is 10.8. The maximum atomic E-state index is 11.9.